The van der Waals surface area contributed by atoms with Crippen molar-refractivity contribution in [3.05, 3.63) is 0 Å². The molecule has 0 nitrogen and oxygen atoms in total. The molecule has 0 saturated heterocycles. The Hall–Kier alpha value is 0. The molecule has 0 bridgehead atoms. The summed E-state index contributed by atoms with van der Waals surface area (Å²) in [6, 6.07) is 0. The molecule has 0 aliphatic carbocycles. The minimum atomic E-state index is 0.570. The van der Waals surface area contributed by atoms with E-state index >= 15 is 0 Å². The van der Waals surface area contributed by atoms with Crippen LogP contribution in [0.1, 0.15) is 129 Å². The molecule has 0 aromatic heterocycles. The summed E-state index contributed by atoms with van der Waals surface area (Å²) in [6.45, 7) is 27.8. The van der Waals surface area contributed by atoms with Gasteiger partial charge in [0, 0.05) is 0 Å². The van der Waals surface area contributed by atoms with Crippen molar-refractivity contribution < 1.29 is 0 Å². The van der Waals surface area contributed by atoms with Crippen LogP contribution in [-0.4, -0.2) is 0 Å². The van der Waals surface area contributed by atoms with Crippen molar-refractivity contribution in [2.45, 2.75) is 129 Å². The molecule has 0 amide bonds. The van der Waals surface area contributed by atoms with E-state index in [1.165, 1.54) is 38.5 Å². The summed E-state index contributed by atoms with van der Waals surface area (Å²) < 4.78 is 0. The number of rotatable bonds is 7. The van der Waals surface area contributed by atoms with Gasteiger partial charge in [-0.1, -0.05) is 122 Å². The van der Waals surface area contributed by atoms with Crippen molar-refractivity contribution in [2.75, 3.05) is 0 Å². The maximum absolute atomic E-state index is 2.45. The molecule has 0 heteroatoms. The van der Waals surface area contributed by atoms with Crippen molar-refractivity contribution in [1.29, 1.82) is 0 Å². The van der Waals surface area contributed by atoms with Gasteiger partial charge >= 0.3 is 0 Å². The molecule has 0 rings (SSSR count). The van der Waals surface area contributed by atoms with Gasteiger partial charge in [0.05, 0.1) is 0 Å². The molecule has 0 aromatic rings. The molecular weight excluding hydrogens is 252 g/mol. The summed E-state index contributed by atoms with van der Waals surface area (Å²) in [5.41, 5.74) is 0.570. The first-order valence-corrected chi connectivity index (χ1v) is 10.1. The van der Waals surface area contributed by atoms with E-state index in [9.17, 15) is 0 Å². The highest BCUT2D eigenvalue weighted by molar-refractivity contribution is 4.77. The smallest absolute Gasteiger partial charge is 0.0326 e. The fourth-order valence-corrected chi connectivity index (χ4v) is 2.33. The highest BCUT2D eigenvalue weighted by atomic mass is 14.3. The van der Waals surface area contributed by atoms with Crippen molar-refractivity contribution >= 4 is 0 Å². The summed E-state index contributed by atoms with van der Waals surface area (Å²) in [4.78, 5) is 0. The molecule has 0 N–H and O–H groups in total. The Balaban J connectivity index is -0.0000000912. The molecule has 0 spiro atoms. The van der Waals surface area contributed by atoms with E-state index in [1.807, 2.05) is 55.4 Å². The molecule has 0 saturated carbocycles. The number of hydrogen-bond donors (Lipinski definition) is 0. The zero-order valence-electron chi connectivity index (χ0n) is 18.3. The minimum Gasteiger partial charge on any atom is -0.0683 e. The van der Waals surface area contributed by atoms with Crippen molar-refractivity contribution in [1.82, 2.24) is 0 Å². The van der Waals surface area contributed by atoms with Crippen LogP contribution >= 0.6 is 0 Å². The van der Waals surface area contributed by atoms with Gasteiger partial charge in [0.2, 0.25) is 0 Å². The zero-order valence-corrected chi connectivity index (χ0v) is 18.3. The van der Waals surface area contributed by atoms with Gasteiger partial charge in [0.25, 0.3) is 0 Å². The SMILES string of the molecule is CC.CC.CC.CC.CCCCC(C)(C)C(CC)CCC. The summed E-state index contributed by atoms with van der Waals surface area (Å²) in [5.74, 6) is 0.934. The topological polar surface area (TPSA) is 0 Å². The van der Waals surface area contributed by atoms with E-state index < -0.39 is 0 Å². The fraction of sp³-hybridized carbons (Fsp3) is 1.00. The van der Waals surface area contributed by atoms with Gasteiger partial charge in [-0.15, -0.1) is 0 Å². The zero-order chi connectivity index (χ0) is 18.3. The lowest BCUT2D eigenvalue weighted by Crippen LogP contribution is -2.23. The van der Waals surface area contributed by atoms with E-state index in [1.54, 1.807) is 0 Å². The van der Waals surface area contributed by atoms with Crippen molar-refractivity contribution in [3.63, 3.8) is 0 Å². The minimum absolute atomic E-state index is 0.570. The summed E-state index contributed by atoms with van der Waals surface area (Å²) in [5, 5.41) is 0. The Morgan fingerprint density at radius 3 is 1.29 bits per heavy atom. The second-order valence-electron chi connectivity index (χ2n) is 4.99. The molecule has 0 aliphatic heterocycles. The average Bonchev–Trinajstić information content (AvgIpc) is 2.58. The van der Waals surface area contributed by atoms with Crippen LogP contribution in [0.4, 0.5) is 0 Å². The van der Waals surface area contributed by atoms with E-state index in [0.717, 1.165) is 5.92 Å². The van der Waals surface area contributed by atoms with E-state index in [-0.39, 0.29) is 0 Å². The van der Waals surface area contributed by atoms with Gasteiger partial charge in [-0.05, 0) is 17.8 Å². The Bertz CT molecular complexity index is 113. The highest BCUT2D eigenvalue weighted by Crippen LogP contribution is 2.37. The van der Waals surface area contributed by atoms with Crippen LogP contribution in [0.3, 0.4) is 0 Å². The van der Waals surface area contributed by atoms with Crippen LogP contribution in [0.2, 0.25) is 0 Å². The maximum Gasteiger partial charge on any atom is -0.0326 e. The van der Waals surface area contributed by atoms with Gasteiger partial charge in [-0.2, -0.15) is 0 Å². The summed E-state index contributed by atoms with van der Waals surface area (Å²) in [6.07, 6.45) is 8.24. The standard InChI is InChI=1S/C13H28.4C2H6/c1-6-9-11-13(4,5)12(8-3)10-7-2;4*1-2/h12H,6-11H2,1-5H3;4*1-2H3. The van der Waals surface area contributed by atoms with Crippen LogP contribution in [0, 0.1) is 11.3 Å². The highest BCUT2D eigenvalue weighted by Gasteiger charge is 2.26. The molecule has 0 fully saturated rings. The van der Waals surface area contributed by atoms with Crippen LogP contribution in [0.25, 0.3) is 0 Å². The second-order valence-corrected chi connectivity index (χ2v) is 4.99. The third kappa shape index (κ3) is 25.3. The first-order valence-electron chi connectivity index (χ1n) is 10.1. The predicted octanol–water partition coefficient (Wildman–Crippen LogP) is 9.13. The lowest BCUT2D eigenvalue weighted by molar-refractivity contribution is 0.171. The summed E-state index contributed by atoms with van der Waals surface area (Å²) >= 11 is 0. The normalized spacial score (nSPS) is 10.1. The molecule has 136 valence electrons. The van der Waals surface area contributed by atoms with E-state index in [4.69, 9.17) is 0 Å². The van der Waals surface area contributed by atoms with E-state index in [0.29, 0.717) is 5.41 Å². The molecular formula is C21H52. The third-order valence-electron chi connectivity index (χ3n) is 3.41. The van der Waals surface area contributed by atoms with Crippen LogP contribution < -0.4 is 0 Å². The van der Waals surface area contributed by atoms with Gasteiger partial charge < -0.3 is 0 Å². The second kappa shape index (κ2) is 32.1. The summed E-state index contributed by atoms with van der Waals surface area (Å²) in [7, 11) is 0. The molecule has 1 unspecified atom stereocenters. The molecule has 0 radical (unpaired) electrons. The predicted molar refractivity (Wildman–Crippen MR) is 107 cm³/mol. The molecule has 21 heavy (non-hydrogen) atoms. The molecule has 0 aliphatic rings. The van der Waals surface area contributed by atoms with Crippen LogP contribution in [0.5, 0.6) is 0 Å². The Morgan fingerprint density at radius 2 is 1.05 bits per heavy atom. The fourth-order valence-electron chi connectivity index (χ4n) is 2.33. The molecule has 1 atom stereocenters. The Kier molecular flexibility index (Phi) is 50.1. The van der Waals surface area contributed by atoms with Crippen LogP contribution in [0.15, 0.2) is 0 Å². The molecule has 0 aromatic carbocycles. The largest absolute Gasteiger partial charge is 0.0683 e. The third-order valence-corrected chi connectivity index (χ3v) is 3.41. The molecule has 0 heterocycles. The monoisotopic (exact) mass is 304 g/mol. The number of unbranched alkanes of at least 4 members (excludes halogenated alkanes) is 1. The first-order chi connectivity index (χ1) is 10.1. The van der Waals surface area contributed by atoms with Crippen molar-refractivity contribution in [2.24, 2.45) is 11.3 Å². The lowest BCUT2D eigenvalue weighted by Gasteiger charge is -2.34. The van der Waals surface area contributed by atoms with Gasteiger partial charge in [-0.3, -0.25) is 0 Å². The van der Waals surface area contributed by atoms with Gasteiger partial charge in [0.15, 0.2) is 0 Å². The Labute approximate surface area is 140 Å². The lowest BCUT2D eigenvalue weighted by atomic mass is 9.72. The van der Waals surface area contributed by atoms with Gasteiger partial charge in [-0.25, -0.2) is 0 Å². The van der Waals surface area contributed by atoms with Crippen molar-refractivity contribution in [3.8, 4) is 0 Å². The first kappa shape index (κ1) is 32.8. The Morgan fingerprint density at radius 1 is 0.667 bits per heavy atom. The van der Waals surface area contributed by atoms with Crippen LogP contribution in [-0.2, 0) is 0 Å². The quantitative estimate of drug-likeness (QED) is 0.440. The van der Waals surface area contributed by atoms with E-state index in [2.05, 4.69) is 34.6 Å². The average molecular weight is 305 g/mol. The maximum atomic E-state index is 2.45. The van der Waals surface area contributed by atoms with Gasteiger partial charge in [0.1, 0.15) is 0 Å². The number of hydrogen-bond acceptors (Lipinski definition) is 0.